The lowest BCUT2D eigenvalue weighted by Gasteiger charge is -2.17. The lowest BCUT2D eigenvalue weighted by molar-refractivity contribution is 0.101. The third-order valence-electron chi connectivity index (χ3n) is 2.68. The number of methoxy groups -OCH3 is 1. The summed E-state index contributed by atoms with van der Waals surface area (Å²) in [5.74, 6) is -0.0540. The first kappa shape index (κ1) is 13.1. The van der Waals surface area contributed by atoms with Gasteiger partial charge in [-0.2, -0.15) is 0 Å². The lowest BCUT2D eigenvalue weighted by atomic mass is 9.95. The van der Waals surface area contributed by atoms with Crippen molar-refractivity contribution in [3.8, 4) is 0 Å². The third kappa shape index (κ3) is 3.58. The first-order chi connectivity index (χ1) is 7.54. The quantitative estimate of drug-likeness (QED) is 0.836. The first-order valence-corrected chi connectivity index (χ1v) is 5.47. The number of hydrogen-bond donors (Lipinski definition) is 1. The van der Waals surface area contributed by atoms with Crippen LogP contribution in [0.2, 0.25) is 0 Å². The van der Waals surface area contributed by atoms with Gasteiger partial charge in [-0.05, 0) is 42.5 Å². The highest BCUT2D eigenvalue weighted by Gasteiger charge is 2.15. The van der Waals surface area contributed by atoms with Gasteiger partial charge in [0, 0.05) is 13.7 Å². The van der Waals surface area contributed by atoms with Crippen molar-refractivity contribution in [2.24, 2.45) is 5.92 Å². The highest BCUT2D eigenvalue weighted by atomic mass is 19.1. The maximum absolute atomic E-state index is 13.1. The van der Waals surface area contributed by atoms with Crippen LogP contribution >= 0.6 is 0 Å². The van der Waals surface area contributed by atoms with Crippen LogP contribution in [0.3, 0.4) is 0 Å². The van der Waals surface area contributed by atoms with Gasteiger partial charge in [0.25, 0.3) is 0 Å². The summed E-state index contributed by atoms with van der Waals surface area (Å²) < 4.78 is 18.1. The zero-order valence-electron chi connectivity index (χ0n) is 10.0. The van der Waals surface area contributed by atoms with Crippen LogP contribution in [-0.2, 0) is 4.74 Å². The van der Waals surface area contributed by atoms with Gasteiger partial charge in [-0.25, -0.2) is 4.39 Å². The van der Waals surface area contributed by atoms with Crippen LogP contribution in [0.25, 0.3) is 0 Å². The average molecular weight is 226 g/mol. The summed E-state index contributed by atoms with van der Waals surface area (Å²) in [6.07, 6.45) is -0.0427. The molecule has 0 fully saturated rings. The van der Waals surface area contributed by atoms with E-state index in [9.17, 15) is 9.50 Å². The molecule has 0 radical (unpaired) electrons. The van der Waals surface area contributed by atoms with E-state index in [1.165, 1.54) is 12.1 Å². The maximum atomic E-state index is 13.1. The van der Waals surface area contributed by atoms with Crippen molar-refractivity contribution in [3.63, 3.8) is 0 Å². The minimum absolute atomic E-state index is 0.252. The predicted molar refractivity (Wildman–Crippen MR) is 61.8 cm³/mol. The zero-order valence-corrected chi connectivity index (χ0v) is 10.0. The lowest BCUT2D eigenvalue weighted by Crippen LogP contribution is -2.10. The molecule has 0 heterocycles. The van der Waals surface area contributed by atoms with Crippen LogP contribution in [0.1, 0.15) is 30.6 Å². The predicted octanol–water partition coefficient (Wildman–Crippen LogP) is 2.84. The molecule has 0 aliphatic rings. The summed E-state index contributed by atoms with van der Waals surface area (Å²) in [5.41, 5.74) is 1.58. The minimum atomic E-state index is -0.624. The molecule has 2 unspecified atom stereocenters. The molecule has 0 amide bonds. The first-order valence-electron chi connectivity index (χ1n) is 5.47. The van der Waals surface area contributed by atoms with E-state index in [0.717, 1.165) is 5.56 Å². The summed E-state index contributed by atoms with van der Waals surface area (Å²) in [5, 5.41) is 10.0. The molecule has 0 spiro atoms. The van der Waals surface area contributed by atoms with Crippen molar-refractivity contribution >= 4 is 0 Å². The van der Waals surface area contributed by atoms with Crippen LogP contribution in [0.4, 0.5) is 4.39 Å². The number of hydrogen-bond acceptors (Lipinski definition) is 2. The van der Waals surface area contributed by atoms with Crippen LogP contribution < -0.4 is 0 Å². The average Bonchev–Trinajstić information content (AvgIpc) is 2.21. The number of aliphatic hydroxyl groups is 1. The fourth-order valence-corrected chi connectivity index (χ4v) is 1.83. The summed E-state index contributed by atoms with van der Waals surface area (Å²) in [7, 11) is 1.64. The van der Waals surface area contributed by atoms with Crippen molar-refractivity contribution in [1.29, 1.82) is 0 Å². The smallest absolute Gasteiger partial charge is 0.123 e. The van der Waals surface area contributed by atoms with Crippen LogP contribution in [0, 0.1) is 18.7 Å². The SMILES string of the molecule is COCC(C)CC(O)c1cc(F)ccc1C. The van der Waals surface area contributed by atoms with Crippen molar-refractivity contribution in [2.45, 2.75) is 26.4 Å². The second-order valence-corrected chi connectivity index (χ2v) is 4.31. The Hall–Kier alpha value is -0.930. The van der Waals surface area contributed by atoms with Gasteiger partial charge in [0.2, 0.25) is 0 Å². The van der Waals surface area contributed by atoms with Gasteiger partial charge in [-0.3, -0.25) is 0 Å². The van der Waals surface area contributed by atoms with Gasteiger partial charge in [0.05, 0.1) is 6.10 Å². The molecule has 0 bridgehead atoms. The molecule has 0 saturated heterocycles. The molecule has 0 aliphatic heterocycles. The van der Waals surface area contributed by atoms with Crippen molar-refractivity contribution in [3.05, 3.63) is 35.1 Å². The van der Waals surface area contributed by atoms with Gasteiger partial charge >= 0.3 is 0 Å². The number of rotatable bonds is 5. The Morgan fingerprint density at radius 2 is 2.12 bits per heavy atom. The van der Waals surface area contributed by atoms with E-state index in [1.807, 2.05) is 13.8 Å². The van der Waals surface area contributed by atoms with Crippen LogP contribution in [-0.4, -0.2) is 18.8 Å². The molecule has 1 rings (SSSR count). The highest BCUT2D eigenvalue weighted by Crippen LogP contribution is 2.24. The van der Waals surface area contributed by atoms with Crippen molar-refractivity contribution in [1.82, 2.24) is 0 Å². The van der Waals surface area contributed by atoms with Gasteiger partial charge in [0.1, 0.15) is 5.82 Å². The van der Waals surface area contributed by atoms with E-state index >= 15 is 0 Å². The molecule has 1 aromatic rings. The number of ether oxygens (including phenoxy) is 1. The Bertz CT molecular complexity index is 339. The Labute approximate surface area is 96.1 Å². The molecule has 1 aromatic carbocycles. The van der Waals surface area contributed by atoms with E-state index in [0.29, 0.717) is 18.6 Å². The van der Waals surface area contributed by atoms with E-state index in [2.05, 4.69) is 0 Å². The number of halogens is 1. The second kappa shape index (κ2) is 5.97. The van der Waals surface area contributed by atoms with Crippen LogP contribution in [0.15, 0.2) is 18.2 Å². The Morgan fingerprint density at radius 3 is 2.75 bits per heavy atom. The van der Waals surface area contributed by atoms with Gasteiger partial charge in [0.15, 0.2) is 0 Å². The molecule has 0 aliphatic carbocycles. The molecule has 3 heteroatoms. The van der Waals surface area contributed by atoms with E-state index < -0.39 is 6.10 Å². The van der Waals surface area contributed by atoms with Gasteiger partial charge < -0.3 is 9.84 Å². The molecule has 2 atom stereocenters. The molecule has 16 heavy (non-hydrogen) atoms. The number of benzene rings is 1. The van der Waals surface area contributed by atoms with E-state index in [1.54, 1.807) is 13.2 Å². The normalized spacial score (nSPS) is 14.8. The Kier molecular flexibility index (Phi) is 4.90. The van der Waals surface area contributed by atoms with Crippen LogP contribution in [0.5, 0.6) is 0 Å². The summed E-state index contributed by atoms with van der Waals surface area (Å²) >= 11 is 0. The number of aliphatic hydroxyl groups excluding tert-OH is 1. The Morgan fingerprint density at radius 1 is 1.44 bits per heavy atom. The molecule has 0 saturated carbocycles. The monoisotopic (exact) mass is 226 g/mol. The standard InChI is InChI=1S/C13H19FO2/c1-9(8-16-3)6-13(15)12-7-11(14)5-4-10(12)2/h4-5,7,9,13,15H,6,8H2,1-3H3. The molecule has 90 valence electrons. The fraction of sp³-hybridized carbons (Fsp3) is 0.538. The largest absolute Gasteiger partial charge is 0.388 e. The maximum Gasteiger partial charge on any atom is 0.123 e. The Balaban J connectivity index is 2.72. The fourth-order valence-electron chi connectivity index (χ4n) is 1.83. The number of aryl methyl sites for hydroxylation is 1. The molecule has 0 aromatic heterocycles. The topological polar surface area (TPSA) is 29.5 Å². The molecule has 2 nitrogen and oxygen atoms in total. The summed E-state index contributed by atoms with van der Waals surface area (Å²) in [4.78, 5) is 0. The third-order valence-corrected chi connectivity index (χ3v) is 2.68. The highest BCUT2D eigenvalue weighted by molar-refractivity contribution is 5.28. The molecular weight excluding hydrogens is 207 g/mol. The minimum Gasteiger partial charge on any atom is -0.388 e. The van der Waals surface area contributed by atoms with E-state index in [4.69, 9.17) is 4.74 Å². The van der Waals surface area contributed by atoms with Gasteiger partial charge in [-0.1, -0.05) is 13.0 Å². The molecular formula is C13H19FO2. The van der Waals surface area contributed by atoms with E-state index in [-0.39, 0.29) is 11.7 Å². The van der Waals surface area contributed by atoms with Crippen molar-refractivity contribution < 1.29 is 14.2 Å². The molecule has 1 N–H and O–H groups in total. The second-order valence-electron chi connectivity index (χ2n) is 4.31. The van der Waals surface area contributed by atoms with Gasteiger partial charge in [-0.15, -0.1) is 0 Å². The zero-order chi connectivity index (χ0) is 12.1. The van der Waals surface area contributed by atoms with Crippen molar-refractivity contribution in [2.75, 3.05) is 13.7 Å². The summed E-state index contributed by atoms with van der Waals surface area (Å²) in [6.45, 7) is 4.48. The summed E-state index contributed by atoms with van der Waals surface area (Å²) in [6, 6.07) is 4.50.